The number of hydrogen-bond donors (Lipinski definition) is 5. The van der Waals surface area contributed by atoms with Crippen LogP contribution in [0.5, 0.6) is 0 Å². The highest BCUT2D eigenvalue weighted by atomic mass is 19.1. The number of amidine groups is 1. The topological polar surface area (TPSA) is 96.1 Å². The van der Waals surface area contributed by atoms with Crippen molar-refractivity contribution >= 4 is 17.6 Å². The van der Waals surface area contributed by atoms with Crippen LogP contribution in [-0.2, 0) is 19.4 Å². The van der Waals surface area contributed by atoms with Crippen LogP contribution >= 0.6 is 0 Å². The summed E-state index contributed by atoms with van der Waals surface area (Å²) in [4.78, 5) is 15.6. The van der Waals surface area contributed by atoms with Crippen molar-refractivity contribution in [2.24, 2.45) is 11.0 Å². The van der Waals surface area contributed by atoms with Crippen LogP contribution in [0.3, 0.4) is 0 Å². The SMILES string of the molecule is CCc1cc(NC(=O)N[C@@H]2CCCC[C@H]2CN(C)C2CCc3cc(F)ccc3CNC2)cc(C2=NNNN2C)c1. The van der Waals surface area contributed by atoms with Gasteiger partial charge in [0, 0.05) is 50.0 Å². The van der Waals surface area contributed by atoms with Crippen molar-refractivity contribution in [3.05, 3.63) is 64.5 Å². The fraction of sp³-hybridized carbons (Fsp3) is 0.533. The summed E-state index contributed by atoms with van der Waals surface area (Å²) in [6.07, 6.45) is 7.12. The van der Waals surface area contributed by atoms with E-state index in [1.807, 2.05) is 30.3 Å². The van der Waals surface area contributed by atoms with Crippen molar-refractivity contribution in [2.75, 3.05) is 32.5 Å². The molecule has 1 saturated carbocycles. The van der Waals surface area contributed by atoms with E-state index in [0.717, 1.165) is 86.4 Å². The van der Waals surface area contributed by atoms with Gasteiger partial charge in [0.25, 0.3) is 0 Å². The number of nitrogens with zero attached hydrogens (tertiary/aromatic N) is 3. The second-order valence-electron chi connectivity index (χ2n) is 11.4. The van der Waals surface area contributed by atoms with Crippen LogP contribution in [0.2, 0.25) is 0 Å². The van der Waals surface area contributed by atoms with Crippen molar-refractivity contribution in [1.82, 2.24) is 31.6 Å². The molecule has 40 heavy (non-hydrogen) atoms. The van der Waals surface area contributed by atoms with Crippen molar-refractivity contribution in [3.63, 3.8) is 0 Å². The van der Waals surface area contributed by atoms with Crippen LogP contribution in [0.15, 0.2) is 41.5 Å². The van der Waals surface area contributed by atoms with Crippen LogP contribution in [-0.4, -0.2) is 61.0 Å². The standard InChI is InChI=1S/C30H43FN8O/c1-4-20-13-24(29-35-36-37-39(29)3)16-26(14-20)33-30(40)34-28-8-6-5-7-23(28)19-38(2)27-12-10-21-15-25(31)11-9-22(21)17-32-18-27/h9,11,13-16,23,27-28,32,36-37H,4-8,10,12,17-19H2,1-3H3,(H2,33,34,40)/t23-,27?,28+/m0/s1. The van der Waals surface area contributed by atoms with Gasteiger partial charge in [0.1, 0.15) is 5.82 Å². The Morgan fingerprint density at radius 1 is 1.15 bits per heavy atom. The lowest BCUT2D eigenvalue weighted by atomic mass is 9.83. The molecule has 10 heteroatoms. The minimum absolute atomic E-state index is 0.125. The third kappa shape index (κ3) is 6.92. The molecule has 1 unspecified atom stereocenters. The monoisotopic (exact) mass is 550 g/mol. The van der Waals surface area contributed by atoms with E-state index in [4.69, 9.17) is 0 Å². The summed E-state index contributed by atoms with van der Waals surface area (Å²) < 4.78 is 13.8. The first kappa shape index (κ1) is 28.3. The van der Waals surface area contributed by atoms with E-state index in [1.54, 1.807) is 12.1 Å². The number of amides is 2. The van der Waals surface area contributed by atoms with Crippen LogP contribution in [0.4, 0.5) is 14.9 Å². The number of carbonyl (C=O) groups excluding carboxylic acids is 1. The second-order valence-corrected chi connectivity index (χ2v) is 11.4. The maximum Gasteiger partial charge on any atom is 0.319 e. The Hall–Kier alpha value is -3.21. The minimum Gasteiger partial charge on any atom is -0.335 e. The molecule has 2 aliphatic heterocycles. The van der Waals surface area contributed by atoms with Gasteiger partial charge in [-0.2, -0.15) is 0 Å². The predicted molar refractivity (Wildman–Crippen MR) is 157 cm³/mol. The molecule has 216 valence electrons. The van der Waals surface area contributed by atoms with E-state index >= 15 is 0 Å². The van der Waals surface area contributed by atoms with E-state index in [0.29, 0.717) is 12.0 Å². The highest BCUT2D eigenvalue weighted by Gasteiger charge is 2.30. The Morgan fingerprint density at radius 3 is 2.80 bits per heavy atom. The van der Waals surface area contributed by atoms with Gasteiger partial charge in [-0.15, -0.1) is 10.6 Å². The zero-order valence-corrected chi connectivity index (χ0v) is 23.9. The molecule has 1 fully saturated rings. The Labute approximate surface area is 236 Å². The molecular formula is C30H43FN8O. The second kappa shape index (κ2) is 13.0. The van der Waals surface area contributed by atoms with Crippen LogP contribution in [0, 0.1) is 11.7 Å². The number of hydrazine groups is 2. The number of halogens is 1. The van der Waals surface area contributed by atoms with Gasteiger partial charge in [-0.3, -0.25) is 5.01 Å². The summed E-state index contributed by atoms with van der Waals surface area (Å²) in [5.74, 6) is 0.993. The molecule has 0 spiro atoms. The van der Waals surface area contributed by atoms with Crippen LogP contribution in [0.1, 0.15) is 61.3 Å². The molecule has 2 aromatic rings. The first-order valence-electron chi connectivity index (χ1n) is 14.6. The lowest BCUT2D eigenvalue weighted by Crippen LogP contribution is -2.50. The number of hydrogen-bond acceptors (Lipinski definition) is 7. The van der Waals surface area contributed by atoms with E-state index < -0.39 is 0 Å². The molecule has 3 aliphatic rings. The fourth-order valence-corrected chi connectivity index (χ4v) is 6.28. The number of fused-ring (bicyclic) bond motifs is 1. The Morgan fingerprint density at radius 2 is 2.00 bits per heavy atom. The van der Waals surface area contributed by atoms with Crippen molar-refractivity contribution in [1.29, 1.82) is 0 Å². The summed E-state index contributed by atoms with van der Waals surface area (Å²) >= 11 is 0. The molecule has 9 nitrogen and oxygen atoms in total. The number of aryl methyl sites for hydroxylation is 2. The molecule has 0 aromatic heterocycles. The smallest absolute Gasteiger partial charge is 0.319 e. The average molecular weight is 551 g/mol. The predicted octanol–water partition coefficient (Wildman–Crippen LogP) is 3.72. The maximum atomic E-state index is 13.8. The van der Waals surface area contributed by atoms with E-state index in [-0.39, 0.29) is 17.9 Å². The summed E-state index contributed by atoms with van der Waals surface area (Å²) in [5.41, 5.74) is 10.8. The quantitative estimate of drug-likeness (QED) is 0.361. The summed E-state index contributed by atoms with van der Waals surface area (Å²) in [7, 11) is 4.08. The van der Waals surface area contributed by atoms with Crippen molar-refractivity contribution in [2.45, 2.75) is 70.5 Å². The molecular weight excluding hydrogens is 507 g/mol. The third-order valence-corrected chi connectivity index (χ3v) is 8.60. The van der Waals surface area contributed by atoms with Crippen LogP contribution < -0.4 is 27.0 Å². The summed E-state index contributed by atoms with van der Waals surface area (Å²) in [6, 6.07) is 11.5. The molecule has 5 N–H and O–H groups in total. The number of anilines is 1. The lowest BCUT2D eigenvalue weighted by molar-refractivity contribution is 0.148. The number of urea groups is 1. The Bertz CT molecular complexity index is 1220. The Kier molecular flexibility index (Phi) is 9.18. The fourth-order valence-electron chi connectivity index (χ4n) is 6.28. The van der Waals surface area contributed by atoms with Gasteiger partial charge in [0.15, 0.2) is 5.84 Å². The van der Waals surface area contributed by atoms with Gasteiger partial charge in [-0.05, 0) is 92.1 Å². The van der Waals surface area contributed by atoms with Gasteiger partial charge >= 0.3 is 6.03 Å². The van der Waals surface area contributed by atoms with Crippen molar-refractivity contribution < 1.29 is 9.18 Å². The number of hydrazone groups is 1. The molecule has 0 bridgehead atoms. The maximum absolute atomic E-state index is 13.8. The summed E-state index contributed by atoms with van der Waals surface area (Å²) in [5, 5.41) is 16.1. The molecule has 0 radical (unpaired) electrons. The average Bonchev–Trinajstić information content (AvgIpc) is 3.36. The molecule has 2 heterocycles. The molecule has 2 aromatic carbocycles. The molecule has 3 atom stereocenters. The molecule has 5 rings (SSSR count). The van der Waals surface area contributed by atoms with Crippen LogP contribution in [0.25, 0.3) is 0 Å². The van der Waals surface area contributed by atoms with E-state index in [1.165, 1.54) is 12.0 Å². The molecule has 0 saturated heterocycles. The third-order valence-electron chi connectivity index (χ3n) is 8.60. The van der Waals surface area contributed by atoms with Gasteiger partial charge < -0.3 is 20.9 Å². The van der Waals surface area contributed by atoms with Gasteiger partial charge in [-0.1, -0.05) is 25.8 Å². The highest BCUT2D eigenvalue weighted by Crippen LogP contribution is 2.27. The minimum atomic E-state index is -0.164. The summed E-state index contributed by atoms with van der Waals surface area (Å²) in [6.45, 7) is 4.70. The van der Waals surface area contributed by atoms with Gasteiger partial charge in [-0.25, -0.2) is 14.7 Å². The molecule has 1 aliphatic carbocycles. The van der Waals surface area contributed by atoms with E-state index in [9.17, 15) is 9.18 Å². The van der Waals surface area contributed by atoms with Gasteiger partial charge in [0.05, 0.1) is 0 Å². The first-order valence-corrected chi connectivity index (χ1v) is 14.6. The zero-order chi connectivity index (χ0) is 28.1. The normalized spacial score (nSPS) is 23.1. The first-order chi connectivity index (χ1) is 19.4. The number of rotatable bonds is 7. The molecule has 2 amide bonds. The zero-order valence-electron chi connectivity index (χ0n) is 23.9. The van der Waals surface area contributed by atoms with Gasteiger partial charge in [0.2, 0.25) is 0 Å². The highest BCUT2D eigenvalue weighted by molar-refractivity contribution is 6.00. The number of carbonyl (C=O) groups is 1. The van der Waals surface area contributed by atoms with Crippen molar-refractivity contribution in [3.8, 4) is 0 Å². The van der Waals surface area contributed by atoms with E-state index in [2.05, 4.69) is 57.1 Å². The number of likely N-dealkylation sites (N-methyl/N-ethyl adjacent to an activating group) is 1. The number of nitrogens with one attached hydrogen (secondary N) is 5. The largest absolute Gasteiger partial charge is 0.335 e. The lowest BCUT2D eigenvalue weighted by Gasteiger charge is -2.38. The number of benzene rings is 2. The Balaban J connectivity index is 1.20.